The smallest absolute Gasteiger partial charge is 0.282 e. The van der Waals surface area contributed by atoms with Crippen LogP contribution < -0.4 is 5.73 Å². The molecule has 0 bridgehead atoms. The van der Waals surface area contributed by atoms with Gasteiger partial charge in [-0.05, 0) is 17.4 Å². The van der Waals surface area contributed by atoms with E-state index in [1.807, 2.05) is 19.9 Å². The highest BCUT2D eigenvalue weighted by Crippen LogP contribution is 2.53. The van der Waals surface area contributed by atoms with Gasteiger partial charge in [0.2, 0.25) is 0 Å². The molecule has 1 aliphatic carbocycles. The Morgan fingerprint density at radius 2 is 2.00 bits per heavy atom. The minimum atomic E-state index is -2.83. The zero-order valence-electron chi connectivity index (χ0n) is 9.10. The second-order valence-corrected chi connectivity index (χ2v) is 5.80. The van der Waals surface area contributed by atoms with Gasteiger partial charge in [0, 0.05) is 6.42 Å². The summed E-state index contributed by atoms with van der Waals surface area (Å²) in [7, 11) is 0. The molecule has 2 N–H and O–H groups in total. The largest absolute Gasteiger partial charge is 0.389 e. The van der Waals surface area contributed by atoms with Gasteiger partial charge in [0.05, 0.1) is 10.4 Å². The van der Waals surface area contributed by atoms with E-state index in [0.717, 1.165) is 11.3 Å². The number of nitrogens with zero attached hydrogens (tertiary/aromatic N) is 1. The second kappa shape index (κ2) is 3.17. The van der Waals surface area contributed by atoms with Gasteiger partial charge in [-0.3, -0.25) is 0 Å². The fraction of sp³-hybridized carbons (Fsp3) is 0.545. The molecule has 0 saturated heterocycles. The number of nitriles is 1. The molecule has 0 aliphatic heterocycles. The Hall–Kier alpha value is -1.15. The lowest BCUT2D eigenvalue weighted by Crippen LogP contribution is -2.31. The fourth-order valence-corrected chi connectivity index (χ4v) is 3.37. The maximum absolute atomic E-state index is 13.7. The number of nitrogens with two attached hydrogens (primary N) is 1. The summed E-state index contributed by atoms with van der Waals surface area (Å²) in [5, 5.41) is 9.21. The summed E-state index contributed by atoms with van der Waals surface area (Å²) in [4.78, 5) is -0.0159. The van der Waals surface area contributed by atoms with Crippen LogP contribution in [0.15, 0.2) is 0 Å². The van der Waals surface area contributed by atoms with Crippen molar-refractivity contribution in [1.29, 1.82) is 5.26 Å². The third kappa shape index (κ3) is 1.40. The number of rotatable bonds is 0. The van der Waals surface area contributed by atoms with E-state index < -0.39 is 11.3 Å². The average Bonchev–Trinajstić information content (AvgIpc) is 2.52. The molecule has 1 aromatic heterocycles. The summed E-state index contributed by atoms with van der Waals surface area (Å²) in [5.74, 6) is -2.83. The normalized spacial score (nSPS) is 21.2. The molecule has 0 fully saturated rings. The first-order valence-corrected chi connectivity index (χ1v) is 5.82. The first-order chi connectivity index (χ1) is 7.29. The van der Waals surface area contributed by atoms with Crippen LogP contribution in [0.4, 0.5) is 13.8 Å². The number of hydrogen-bond donors (Lipinski definition) is 1. The number of hydrogen-bond acceptors (Lipinski definition) is 3. The molecule has 0 unspecified atom stereocenters. The van der Waals surface area contributed by atoms with Gasteiger partial charge in [0.1, 0.15) is 11.1 Å². The Morgan fingerprint density at radius 1 is 1.38 bits per heavy atom. The van der Waals surface area contributed by atoms with Crippen molar-refractivity contribution in [2.45, 2.75) is 38.0 Å². The Balaban J connectivity index is 2.76. The molecule has 5 heteroatoms. The van der Waals surface area contributed by atoms with Crippen LogP contribution in [0.25, 0.3) is 0 Å². The quantitative estimate of drug-likeness (QED) is 0.758. The van der Waals surface area contributed by atoms with Gasteiger partial charge in [0.25, 0.3) is 5.92 Å². The van der Waals surface area contributed by atoms with Crippen LogP contribution >= 0.6 is 11.3 Å². The third-order valence-electron chi connectivity index (χ3n) is 3.12. The number of thiophene rings is 1. The minimum Gasteiger partial charge on any atom is -0.389 e. The van der Waals surface area contributed by atoms with E-state index in [1.54, 1.807) is 0 Å². The highest BCUT2D eigenvalue weighted by Gasteiger charge is 2.47. The zero-order valence-corrected chi connectivity index (χ0v) is 9.92. The number of alkyl halides is 2. The van der Waals surface area contributed by atoms with Crippen LogP contribution in [0.2, 0.25) is 0 Å². The molecule has 86 valence electrons. The SMILES string of the molecule is CC1(C)CCC(F)(F)c2sc(N)c(C#N)c21. The topological polar surface area (TPSA) is 49.8 Å². The summed E-state index contributed by atoms with van der Waals surface area (Å²) >= 11 is 0.856. The van der Waals surface area contributed by atoms with E-state index in [-0.39, 0.29) is 21.9 Å². The van der Waals surface area contributed by atoms with E-state index in [2.05, 4.69) is 0 Å². The summed E-state index contributed by atoms with van der Waals surface area (Å²) in [6.07, 6.45) is 0.204. The first-order valence-electron chi connectivity index (χ1n) is 5.01. The number of fused-ring (bicyclic) bond motifs is 1. The van der Waals surface area contributed by atoms with Crippen LogP contribution in [0.1, 0.15) is 42.7 Å². The third-order valence-corrected chi connectivity index (χ3v) is 4.25. The second-order valence-electron chi connectivity index (χ2n) is 4.75. The summed E-state index contributed by atoms with van der Waals surface area (Å²) in [6.45, 7) is 3.77. The van der Waals surface area contributed by atoms with E-state index in [0.29, 0.717) is 12.0 Å². The highest BCUT2D eigenvalue weighted by atomic mass is 32.1. The van der Waals surface area contributed by atoms with Gasteiger partial charge in [-0.15, -0.1) is 11.3 Å². The zero-order chi connectivity index (χ0) is 12.1. The number of anilines is 1. The fourth-order valence-electron chi connectivity index (χ4n) is 2.17. The summed E-state index contributed by atoms with van der Waals surface area (Å²) in [6, 6.07) is 1.95. The van der Waals surface area contributed by atoms with Gasteiger partial charge < -0.3 is 5.73 Å². The molecule has 0 saturated carbocycles. The van der Waals surface area contributed by atoms with Crippen molar-refractivity contribution in [3.63, 3.8) is 0 Å². The molecule has 0 atom stereocenters. The standard InChI is InChI=1S/C11H12F2N2S/c1-10(2)3-4-11(12,13)8-7(10)6(5-14)9(15)16-8/h3-4,15H2,1-2H3. The minimum absolute atomic E-state index is 0.0159. The maximum Gasteiger partial charge on any atom is 0.282 e. The van der Waals surface area contributed by atoms with Gasteiger partial charge in [0.15, 0.2) is 0 Å². The lowest BCUT2D eigenvalue weighted by molar-refractivity contribution is -0.0266. The van der Waals surface area contributed by atoms with E-state index in [4.69, 9.17) is 11.0 Å². The Bertz CT molecular complexity index is 483. The van der Waals surface area contributed by atoms with Crippen molar-refractivity contribution in [3.8, 4) is 6.07 Å². The summed E-state index contributed by atoms with van der Waals surface area (Å²) in [5.41, 5.74) is 5.94. The van der Waals surface area contributed by atoms with Crippen LogP contribution in [0, 0.1) is 11.3 Å². The van der Waals surface area contributed by atoms with Crippen molar-refractivity contribution in [3.05, 3.63) is 16.0 Å². The van der Waals surface area contributed by atoms with E-state index in [9.17, 15) is 8.78 Å². The van der Waals surface area contributed by atoms with Crippen molar-refractivity contribution in [1.82, 2.24) is 0 Å². The van der Waals surface area contributed by atoms with Crippen LogP contribution in [-0.2, 0) is 11.3 Å². The molecule has 1 heterocycles. The van der Waals surface area contributed by atoms with Gasteiger partial charge >= 0.3 is 0 Å². The lowest BCUT2D eigenvalue weighted by Gasteiger charge is -2.34. The molecule has 1 aromatic rings. The molecular weight excluding hydrogens is 230 g/mol. The molecule has 2 rings (SSSR count). The van der Waals surface area contributed by atoms with E-state index in [1.165, 1.54) is 0 Å². The van der Waals surface area contributed by atoms with Gasteiger partial charge in [-0.2, -0.15) is 5.26 Å². The van der Waals surface area contributed by atoms with Gasteiger partial charge in [-0.25, -0.2) is 8.78 Å². The van der Waals surface area contributed by atoms with Gasteiger partial charge in [-0.1, -0.05) is 13.8 Å². The van der Waals surface area contributed by atoms with Crippen molar-refractivity contribution >= 4 is 16.3 Å². The Morgan fingerprint density at radius 3 is 2.56 bits per heavy atom. The summed E-state index contributed by atoms with van der Waals surface area (Å²) < 4.78 is 27.4. The highest BCUT2D eigenvalue weighted by molar-refractivity contribution is 7.16. The number of nitrogen functional groups attached to an aromatic ring is 1. The predicted molar refractivity (Wildman–Crippen MR) is 59.6 cm³/mol. The Labute approximate surface area is 96.7 Å². The molecule has 0 amide bonds. The molecule has 16 heavy (non-hydrogen) atoms. The van der Waals surface area contributed by atoms with Crippen molar-refractivity contribution in [2.24, 2.45) is 0 Å². The number of halogens is 2. The monoisotopic (exact) mass is 242 g/mol. The van der Waals surface area contributed by atoms with Crippen LogP contribution in [0.5, 0.6) is 0 Å². The van der Waals surface area contributed by atoms with Crippen LogP contribution in [0.3, 0.4) is 0 Å². The van der Waals surface area contributed by atoms with E-state index >= 15 is 0 Å². The molecule has 0 radical (unpaired) electrons. The van der Waals surface area contributed by atoms with Crippen LogP contribution in [-0.4, -0.2) is 0 Å². The molecule has 1 aliphatic rings. The Kier molecular flexibility index (Phi) is 2.25. The molecule has 0 aromatic carbocycles. The molecule has 2 nitrogen and oxygen atoms in total. The molecule has 0 spiro atoms. The van der Waals surface area contributed by atoms with Crippen molar-refractivity contribution < 1.29 is 8.78 Å². The maximum atomic E-state index is 13.7. The molecular formula is C11H12F2N2S. The lowest BCUT2D eigenvalue weighted by atomic mass is 9.73. The van der Waals surface area contributed by atoms with Crippen molar-refractivity contribution in [2.75, 3.05) is 5.73 Å². The average molecular weight is 242 g/mol. The first kappa shape index (κ1) is 11.3. The predicted octanol–water partition coefficient (Wildman–Crippen LogP) is 3.37.